The number of hydrogen-bond acceptors (Lipinski definition) is 1. The molecule has 0 bridgehead atoms. The summed E-state index contributed by atoms with van der Waals surface area (Å²) < 4.78 is 9.49. The van der Waals surface area contributed by atoms with E-state index in [2.05, 4.69) is 199 Å². The number of furan rings is 1. The molecule has 0 radical (unpaired) electrons. The Hall–Kier alpha value is -7.36. The van der Waals surface area contributed by atoms with Gasteiger partial charge in [0.05, 0.1) is 16.4 Å². The fraction of sp³-hybridized carbons (Fsp3) is 0.0182. The predicted molar refractivity (Wildman–Crippen MR) is 241 cm³/mol. The lowest BCUT2D eigenvalue weighted by atomic mass is 9.32. The van der Waals surface area contributed by atoms with Crippen LogP contribution in [0.1, 0.15) is 22.3 Å². The molecule has 0 amide bonds. The van der Waals surface area contributed by atoms with Crippen LogP contribution in [-0.4, -0.2) is 11.3 Å². The maximum atomic E-state index is 7.05. The Morgan fingerprint density at radius 2 is 1.02 bits per heavy atom. The Morgan fingerprint density at radius 3 is 1.84 bits per heavy atom. The maximum Gasteiger partial charge on any atom is 0.243 e. The Balaban J connectivity index is 1.15. The molecule has 0 fully saturated rings. The topological polar surface area (TPSA) is 18.1 Å². The number of aromatic nitrogens is 1. The van der Waals surface area contributed by atoms with Crippen LogP contribution in [0.3, 0.4) is 0 Å². The van der Waals surface area contributed by atoms with Crippen molar-refractivity contribution in [1.29, 1.82) is 0 Å². The molecule has 1 spiro atoms. The third-order valence-corrected chi connectivity index (χ3v) is 13.7. The average Bonchev–Trinajstić information content (AvgIpc) is 4.02. The molecule has 1 aliphatic carbocycles. The van der Waals surface area contributed by atoms with Crippen LogP contribution in [0.25, 0.3) is 82.8 Å². The SMILES string of the molecule is c1ccc(-n2c3ccccc3c3c(-c4cccc5c4-c4cccc6c4B5c4ccccc4C64c5ccccc5-c5ccccc54)c4oc5ccccc5c4cc32)cc1. The van der Waals surface area contributed by atoms with Crippen LogP contribution in [-0.2, 0) is 5.41 Å². The van der Waals surface area contributed by atoms with Gasteiger partial charge in [0.25, 0.3) is 0 Å². The van der Waals surface area contributed by atoms with Crippen LogP contribution in [0.4, 0.5) is 0 Å². The average molecular weight is 734 g/mol. The van der Waals surface area contributed by atoms with E-state index in [9.17, 15) is 0 Å². The highest BCUT2D eigenvalue weighted by molar-refractivity contribution is 7.00. The fourth-order valence-corrected chi connectivity index (χ4v) is 11.7. The molecule has 2 nitrogen and oxygen atoms in total. The molecule has 2 aromatic heterocycles. The van der Waals surface area contributed by atoms with E-state index in [0.29, 0.717) is 0 Å². The summed E-state index contributed by atoms with van der Waals surface area (Å²) in [4.78, 5) is 0. The molecular formula is C55H32BNO. The van der Waals surface area contributed by atoms with Gasteiger partial charge in [0.2, 0.25) is 6.71 Å². The predicted octanol–water partition coefficient (Wildman–Crippen LogP) is 11.5. The van der Waals surface area contributed by atoms with Crippen molar-refractivity contribution in [3.63, 3.8) is 0 Å². The number of nitrogens with zero attached hydrogens (tertiary/aromatic N) is 1. The number of hydrogen-bond donors (Lipinski definition) is 0. The van der Waals surface area contributed by atoms with Gasteiger partial charge >= 0.3 is 0 Å². The first-order valence-corrected chi connectivity index (χ1v) is 20.3. The van der Waals surface area contributed by atoms with E-state index in [4.69, 9.17) is 4.42 Å². The molecule has 3 aliphatic rings. The number of para-hydroxylation sites is 3. The molecule has 2 aliphatic heterocycles. The van der Waals surface area contributed by atoms with Gasteiger partial charge in [0.15, 0.2) is 0 Å². The van der Waals surface area contributed by atoms with E-state index in [1.807, 2.05) is 0 Å². The van der Waals surface area contributed by atoms with Gasteiger partial charge in [-0.3, -0.25) is 0 Å². The molecule has 0 unspecified atom stereocenters. The van der Waals surface area contributed by atoms with Crippen LogP contribution in [0.5, 0.6) is 0 Å². The van der Waals surface area contributed by atoms with E-state index >= 15 is 0 Å². The van der Waals surface area contributed by atoms with E-state index in [1.54, 1.807) is 0 Å². The summed E-state index contributed by atoms with van der Waals surface area (Å²) in [6, 6.07) is 72.2. The van der Waals surface area contributed by atoms with Crippen LogP contribution >= 0.6 is 0 Å². The highest BCUT2D eigenvalue weighted by atomic mass is 16.3. The molecular weight excluding hydrogens is 701 g/mol. The van der Waals surface area contributed by atoms with Crippen molar-refractivity contribution in [2.45, 2.75) is 5.41 Å². The summed E-state index contributed by atoms with van der Waals surface area (Å²) in [7, 11) is 0. The van der Waals surface area contributed by atoms with Gasteiger partial charge in [0, 0.05) is 32.8 Å². The van der Waals surface area contributed by atoms with Crippen LogP contribution in [0.15, 0.2) is 199 Å². The lowest BCUT2D eigenvalue weighted by molar-refractivity contribution is 0.670. The van der Waals surface area contributed by atoms with Crippen LogP contribution < -0.4 is 16.4 Å². The van der Waals surface area contributed by atoms with Crippen LogP contribution in [0.2, 0.25) is 0 Å². The minimum atomic E-state index is -0.428. The fourth-order valence-electron chi connectivity index (χ4n) is 11.7. The summed E-state index contributed by atoms with van der Waals surface area (Å²) >= 11 is 0. The Kier molecular flexibility index (Phi) is 5.81. The molecule has 0 N–H and O–H groups in total. The molecule has 11 aromatic rings. The van der Waals surface area contributed by atoms with Crippen molar-refractivity contribution in [1.82, 2.24) is 4.57 Å². The maximum absolute atomic E-state index is 7.05. The normalized spacial score (nSPS) is 14.0. The van der Waals surface area contributed by atoms with Gasteiger partial charge in [-0.2, -0.15) is 0 Å². The minimum Gasteiger partial charge on any atom is -0.455 e. The first-order chi connectivity index (χ1) is 28.8. The van der Waals surface area contributed by atoms with Gasteiger partial charge < -0.3 is 8.98 Å². The molecule has 14 rings (SSSR count). The first kappa shape index (κ1) is 30.8. The molecule has 0 saturated heterocycles. The zero-order chi connectivity index (χ0) is 37.7. The molecule has 58 heavy (non-hydrogen) atoms. The van der Waals surface area contributed by atoms with Crippen LogP contribution in [0, 0.1) is 0 Å². The van der Waals surface area contributed by atoms with Gasteiger partial charge in [-0.15, -0.1) is 0 Å². The van der Waals surface area contributed by atoms with Crippen molar-refractivity contribution >= 4 is 66.8 Å². The smallest absolute Gasteiger partial charge is 0.243 e. The monoisotopic (exact) mass is 733 g/mol. The summed E-state index contributed by atoms with van der Waals surface area (Å²) in [6.45, 7) is 0.0962. The standard InChI is InChI=1S/C55H32BNO/c1-2-16-33(17-3-1)57-47-30-12-6-21-37(47)51-48(57)32-40-36-20-7-13-31-49(36)58-54(40)52(51)38-22-15-29-46-50(38)39-23-14-27-44-53(39)56(46)45-28-11-10-26-43(45)55(44)41-24-8-4-18-34(41)35-19-5-9-25-42(35)55/h1-32H. The van der Waals surface area contributed by atoms with Crippen molar-refractivity contribution in [3.8, 4) is 39.1 Å². The van der Waals surface area contributed by atoms with Gasteiger partial charge in [-0.25, -0.2) is 0 Å². The summed E-state index contributed by atoms with van der Waals surface area (Å²) in [5.41, 5.74) is 22.2. The summed E-state index contributed by atoms with van der Waals surface area (Å²) in [5, 5.41) is 4.69. The highest BCUT2D eigenvalue weighted by Gasteiger charge is 2.54. The van der Waals surface area contributed by atoms with Crippen molar-refractivity contribution in [3.05, 3.63) is 216 Å². The molecule has 9 aromatic carbocycles. The minimum absolute atomic E-state index is 0.0962. The van der Waals surface area contributed by atoms with E-state index in [0.717, 1.165) is 33.2 Å². The first-order valence-electron chi connectivity index (χ1n) is 20.3. The van der Waals surface area contributed by atoms with Crippen molar-refractivity contribution in [2.75, 3.05) is 0 Å². The third kappa shape index (κ3) is 3.58. The number of rotatable bonds is 2. The van der Waals surface area contributed by atoms with Gasteiger partial charge in [-0.1, -0.05) is 180 Å². The van der Waals surface area contributed by atoms with Crippen molar-refractivity contribution in [2.24, 2.45) is 0 Å². The van der Waals surface area contributed by atoms with E-state index < -0.39 is 5.41 Å². The van der Waals surface area contributed by atoms with E-state index in [-0.39, 0.29) is 6.71 Å². The lowest BCUT2D eigenvalue weighted by Gasteiger charge is -2.42. The molecule has 266 valence electrons. The Labute approximate surface area is 335 Å². The summed E-state index contributed by atoms with van der Waals surface area (Å²) in [6.07, 6.45) is 0. The molecule has 4 heterocycles. The zero-order valence-electron chi connectivity index (χ0n) is 31.4. The Morgan fingerprint density at radius 1 is 0.414 bits per heavy atom. The Bertz CT molecular complexity index is 3540. The summed E-state index contributed by atoms with van der Waals surface area (Å²) in [5.74, 6) is 0. The molecule has 3 heteroatoms. The second-order valence-corrected chi connectivity index (χ2v) is 16.2. The largest absolute Gasteiger partial charge is 0.455 e. The zero-order valence-corrected chi connectivity index (χ0v) is 31.4. The molecule has 0 saturated carbocycles. The number of benzene rings is 9. The quantitative estimate of drug-likeness (QED) is 0.162. The second-order valence-electron chi connectivity index (χ2n) is 16.2. The van der Waals surface area contributed by atoms with Gasteiger partial charge in [-0.05, 0) is 80.4 Å². The lowest BCUT2D eigenvalue weighted by Crippen LogP contribution is -2.59. The van der Waals surface area contributed by atoms with Crippen molar-refractivity contribution < 1.29 is 4.42 Å². The highest BCUT2D eigenvalue weighted by Crippen LogP contribution is 2.58. The number of fused-ring (bicyclic) bond motifs is 18. The van der Waals surface area contributed by atoms with Gasteiger partial charge in [0.1, 0.15) is 11.2 Å². The third-order valence-electron chi connectivity index (χ3n) is 13.7. The molecule has 0 atom stereocenters. The van der Waals surface area contributed by atoms with E-state index in [1.165, 1.54) is 88.3 Å². The second kappa shape index (κ2) is 10.9.